The lowest BCUT2D eigenvalue weighted by Crippen LogP contribution is -2.22. The minimum absolute atomic E-state index is 0.0884. The molecule has 0 saturated carbocycles. The van der Waals surface area contributed by atoms with E-state index in [0.717, 1.165) is 4.31 Å². The molecule has 0 heterocycles. The predicted octanol–water partition coefficient (Wildman–Crippen LogP) is 2.17. The summed E-state index contributed by atoms with van der Waals surface area (Å²) in [7, 11) is 1.03. The van der Waals surface area contributed by atoms with Crippen molar-refractivity contribution in [2.45, 2.75) is 11.8 Å². The second-order valence-corrected chi connectivity index (χ2v) is 8.04. The third-order valence-corrected chi connectivity index (χ3v) is 5.71. The van der Waals surface area contributed by atoms with E-state index < -0.39 is 10.0 Å². The summed E-state index contributed by atoms with van der Waals surface area (Å²) in [4.78, 5) is 25.3. The fourth-order valence-corrected chi connectivity index (χ4v) is 3.04. The minimum Gasteiger partial charge on any atom is -0.322 e. The van der Waals surface area contributed by atoms with E-state index >= 15 is 0 Å². The topological polar surface area (TPSA) is 86.8 Å². The highest BCUT2D eigenvalue weighted by Crippen LogP contribution is 2.19. The first-order valence-corrected chi connectivity index (χ1v) is 9.25. The molecule has 1 N–H and O–H groups in total. The number of carbonyl (C=O) groups excluding carboxylic acids is 2. The highest BCUT2D eigenvalue weighted by Gasteiger charge is 2.17. The Kier molecular flexibility index (Phi) is 5.79. The van der Waals surface area contributed by atoms with Crippen LogP contribution in [-0.4, -0.2) is 45.7 Å². The molecule has 2 aromatic carbocycles. The van der Waals surface area contributed by atoms with E-state index in [1.165, 1.54) is 50.2 Å². The molecule has 0 radical (unpaired) electrons. The van der Waals surface area contributed by atoms with Gasteiger partial charge in [-0.3, -0.25) is 9.59 Å². The lowest BCUT2D eigenvalue weighted by molar-refractivity contribution is -0.116. The largest absolute Gasteiger partial charge is 0.322 e. The Bertz CT molecular complexity index is 904. The van der Waals surface area contributed by atoms with Crippen molar-refractivity contribution in [3.8, 4) is 0 Å². The molecule has 0 unspecified atom stereocenters. The van der Waals surface area contributed by atoms with E-state index in [1.54, 1.807) is 31.3 Å². The van der Waals surface area contributed by atoms with E-state index in [4.69, 9.17) is 0 Å². The fraction of sp³-hybridized carbons (Fsp3) is 0.222. The second-order valence-electron chi connectivity index (χ2n) is 5.89. The smallest absolute Gasteiger partial charge is 0.255 e. The Labute approximate surface area is 153 Å². The average Bonchev–Trinajstić information content (AvgIpc) is 2.61. The van der Waals surface area contributed by atoms with Crippen LogP contribution in [0, 0.1) is 0 Å². The minimum atomic E-state index is -3.53. The van der Waals surface area contributed by atoms with Crippen LogP contribution < -0.4 is 10.2 Å². The molecule has 138 valence electrons. The standard InChI is InChI=1S/C18H21N3O4S/c1-13(22)21(4)16-9-7-15(8-10-16)19-18(23)14-5-11-17(12-6-14)26(24,25)20(2)3/h5-12H,1-4H3,(H,19,23). The van der Waals surface area contributed by atoms with Gasteiger partial charge in [-0.15, -0.1) is 0 Å². The van der Waals surface area contributed by atoms with E-state index in [9.17, 15) is 18.0 Å². The molecule has 2 amide bonds. The summed E-state index contributed by atoms with van der Waals surface area (Å²) in [6.07, 6.45) is 0. The van der Waals surface area contributed by atoms with Crippen molar-refractivity contribution in [3.05, 3.63) is 54.1 Å². The molecule has 0 fully saturated rings. The molecule has 26 heavy (non-hydrogen) atoms. The van der Waals surface area contributed by atoms with Gasteiger partial charge in [0.25, 0.3) is 5.91 Å². The number of nitrogens with one attached hydrogen (secondary N) is 1. The van der Waals surface area contributed by atoms with Crippen LogP contribution in [0.4, 0.5) is 11.4 Å². The summed E-state index contributed by atoms with van der Waals surface area (Å²) in [5.41, 5.74) is 1.63. The number of benzene rings is 2. The van der Waals surface area contributed by atoms with Gasteiger partial charge in [-0.1, -0.05) is 0 Å². The van der Waals surface area contributed by atoms with Crippen molar-refractivity contribution in [1.82, 2.24) is 4.31 Å². The number of sulfonamides is 1. The van der Waals surface area contributed by atoms with Gasteiger partial charge >= 0.3 is 0 Å². The molecule has 0 aliphatic carbocycles. The maximum Gasteiger partial charge on any atom is 0.255 e. The van der Waals surface area contributed by atoms with Gasteiger partial charge < -0.3 is 10.2 Å². The Morgan fingerprint density at radius 2 is 1.42 bits per heavy atom. The molecule has 0 aliphatic heterocycles. The van der Waals surface area contributed by atoms with Crippen molar-refractivity contribution in [2.75, 3.05) is 31.4 Å². The van der Waals surface area contributed by atoms with Crippen LogP contribution in [0.3, 0.4) is 0 Å². The lowest BCUT2D eigenvalue weighted by atomic mass is 10.2. The number of hydrogen-bond acceptors (Lipinski definition) is 4. The summed E-state index contributed by atoms with van der Waals surface area (Å²) in [5, 5.41) is 2.73. The van der Waals surface area contributed by atoms with Crippen LogP contribution in [0.5, 0.6) is 0 Å². The van der Waals surface area contributed by atoms with E-state index in [2.05, 4.69) is 5.32 Å². The Morgan fingerprint density at radius 1 is 0.885 bits per heavy atom. The van der Waals surface area contributed by atoms with E-state index in [1.807, 2.05) is 0 Å². The number of anilines is 2. The first-order valence-electron chi connectivity index (χ1n) is 7.81. The third-order valence-electron chi connectivity index (χ3n) is 3.88. The van der Waals surface area contributed by atoms with Crippen LogP contribution >= 0.6 is 0 Å². The first-order chi connectivity index (χ1) is 12.1. The molecule has 2 rings (SSSR count). The summed E-state index contributed by atoms with van der Waals surface area (Å²) in [5.74, 6) is -0.443. The molecule has 0 aliphatic rings. The van der Waals surface area contributed by atoms with Gasteiger partial charge in [-0.25, -0.2) is 12.7 Å². The molecule has 0 spiro atoms. The van der Waals surface area contributed by atoms with Crippen LogP contribution in [-0.2, 0) is 14.8 Å². The SMILES string of the molecule is CC(=O)N(C)c1ccc(NC(=O)c2ccc(S(=O)(=O)N(C)C)cc2)cc1. The summed E-state index contributed by atoms with van der Waals surface area (Å²) in [6.45, 7) is 1.47. The monoisotopic (exact) mass is 375 g/mol. The molecule has 0 atom stereocenters. The molecule has 0 saturated heterocycles. The second kappa shape index (κ2) is 7.67. The van der Waals surface area contributed by atoms with Gasteiger partial charge in [0.15, 0.2) is 0 Å². The van der Waals surface area contributed by atoms with Crippen molar-refractivity contribution >= 4 is 33.2 Å². The quantitative estimate of drug-likeness (QED) is 0.868. The van der Waals surface area contributed by atoms with Gasteiger partial charge in [-0.2, -0.15) is 0 Å². The molecule has 8 heteroatoms. The zero-order chi connectivity index (χ0) is 19.5. The number of carbonyl (C=O) groups is 2. The Morgan fingerprint density at radius 3 is 1.88 bits per heavy atom. The van der Waals surface area contributed by atoms with Crippen molar-refractivity contribution in [1.29, 1.82) is 0 Å². The summed E-state index contributed by atoms with van der Waals surface area (Å²) >= 11 is 0. The van der Waals surface area contributed by atoms with Crippen molar-refractivity contribution in [3.63, 3.8) is 0 Å². The van der Waals surface area contributed by atoms with Crippen molar-refractivity contribution in [2.24, 2.45) is 0 Å². The molecule has 0 bridgehead atoms. The van der Waals surface area contributed by atoms with Gasteiger partial charge in [0.05, 0.1) is 4.90 Å². The highest BCUT2D eigenvalue weighted by molar-refractivity contribution is 7.89. The predicted molar refractivity (Wildman–Crippen MR) is 101 cm³/mol. The Balaban J connectivity index is 2.12. The average molecular weight is 375 g/mol. The van der Waals surface area contributed by atoms with Gasteiger partial charge in [0.2, 0.25) is 15.9 Å². The van der Waals surface area contributed by atoms with Crippen LogP contribution in [0.2, 0.25) is 0 Å². The maximum absolute atomic E-state index is 12.3. The summed E-state index contributed by atoms with van der Waals surface area (Å²) in [6, 6.07) is 12.6. The first kappa shape index (κ1) is 19.6. The zero-order valence-electron chi connectivity index (χ0n) is 15.1. The third kappa shape index (κ3) is 4.27. The molecule has 7 nitrogen and oxygen atoms in total. The van der Waals surface area contributed by atoms with E-state index in [0.29, 0.717) is 16.9 Å². The lowest BCUT2D eigenvalue weighted by Gasteiger charge is -2.15. The van der Waals surface area contributed by atoms with Gasteiger partial charge in [0.1, 0.15) is 0 Å². The number of amides is 2. The normalized spacial score (nSPS) is 11.3. The summed E-state index contributed by atoms with van der Waals surface area (Å²) < 4.78 is 25.2. The van der Waals surface area contributed by atoms with E-state index in [-0.39, 0.29) is 16.7 Å². The maximum atomic E-state index is 12.3. The molecular formula is C18H21N3O4S. The number of nitrogens with zero attached hydrogens (tertiary/aromatic N) is 2. The van der Waals surface area contributed by atoms with Crippen LogP contribution in [0.25, 0.3) is 0 Å². The molecular weight excluding hydrogens is 354 g/mol. The van der Waals surface area contributed by atoms with Crippen molar-refractivity contribution < 1.29 is 18.0 Å². The Hall–Kier alpha value is -2.71. The highest BCUT2D eigenvalue weighted by atomic mass is 32.2. The van der Waals surface area contributed by atoms with Gasteiger partial charge in [-0.05, 0) is 48.5 Å². The number of rotatable bonds is 5. The fourth-order valence-electron chi connectivity index (χ4n) is 2.14. The van der Waals surface area contributed by atoms with Crippen LogP contribution in [0.1, 0.15) is 17.3 Å². The van der Waals surface area contributed by atoms with Gasteiger partial charge in [0, 0.05) is 45.0 Å². The number of hydrogen-bond donors (Lipinski definition) is 1. The van der Waals surface area contributed by atoms with Crippen LogP contribution in [0.15, 0.2) is 53.4 Å². The molecule has 0 aromatic heterocycles. The molecule has 2 aromatic rings. The zero-order valence-corrected chi connectivity index (χ0v) is 15.9.